The maximum absolute atomic E-state index is 10.6. The van der Waals surface area contributed by atoms with Crippen molar-refractivity contribution in [1.29, 1.82) is 0 Å². The summed E-state index contributed by atoms with van der Waals surface area (Å²) in [6, 6.07) is 3.98. The molecule has 2 aliphatic rings. The van der Waals surface area contributed by atoms with E-state index in [0.717, 1.165) is 48.1 Å². The van der Waals surface area contributed by atoms with Crippen molar-refractivity contribution in [2.24, 2.45) is 5.92 Å². The number of benzene rings is 1. The van der Waals surface area contributed by atoms with Crippen molar-refractivity contribution >= 4 is 0 Å². The van der Waals surface area contributed by atoms with Gasteiger partial charge in [-0.3, -0.25) is 0 Å². The van der Waals surface area contributed by atoms with Gasteiger partial charge in [0, 0.05) is 17.4 Å². The first-order valence-electron chi connectivity index (χ1n) is 8.29. The SMILES string of the molecule is CCCc1cc(O)c2c(c1)OC(C)(C)C1CC=C(CO)CC21. The lowest BCUT2D eigenvalue weighted by Gasteiger charge is -2.47. The van der Waals surface area contributed by atoms with E-state index in [4.69, 9.17) is 4.74 Å². The van der Waals surface area contributed by atoms with Crippen LogP contribution in [0.1, 0.15) is 57.1 Å². The van der Waals surface area contributed by atoms with Crippen LogP contribution < -0.4 is 4.74 Å². The molecule has 0 saturated carbocycles. The van der Waals surface area contributed by atoms with Crippen LogP contribution in [0, 0.1) is 5.92 Å². The molecule has 1 aliphatic heterocycles. The molecule has 0 bridgehead atoms. The Hall–Kier alpha value is -1.48. The average Bonchev–Trinajstić information content (AvgIpc) is 2.45. The van der Waals surface area contributed by atoms with Crippen molar-refractivity contribution in [2.75, 3.05) is 6.61 Å². The molecular formula is C19H26O3. The number of aliphatic hydroxyl groups is 1. The molecule has 2 unspecified atom stereocenters. The van der Waals surface area contributed by atoms with Crippen molar-refractivity contribution < 1.29 is 14.9 Å². The zero-order valence-electron chi connectivity index (χ0n) is 13.7. The number of allylic oxidation sites excluding steroid dienone is 1. The van der Waals surface area contributed by atoms with Gasteiger partial charge in [0.1, 0.15) is 17.1 Å². The van der Waals surface area contributed by atoms with Gasteiger partial charge in [-0.25, -0.2) is 0 Å². The van der Waals surface area contributed by atoms with E-state index in [2.05, 4.69) is 32.9 Å². The van der Waals surface area contributed by atoms with Gasteiger partial charge in [0.05, 0.1) is 6.61 Å². The Kier molecular flexibility index (Phi) is 3.94. The molecule has 22 heavy (non-hydrogen) atoms. The highest BCUT2D eigenvalue weighted by Crippen LogP contribution is 2.54. The molecule has 0 aromatic heterocycles. The summed E-state index contributed by atoms with van der Waals surface area (Å²) in [6.07, 6.45) is 5.83. The van der Waals surface area contributed by atoms with Crippen molar-refractivity contribution in [3.05, 3.63) is 34.9 Å². The predicted octanol–water partition coefficient (Wildman–Crippen LogP) is 3.93. The Labute approximate surface area is 132 Å². The van der Waals surface area contributed by atoms with Gasteiger partial charge >= 0.3 is 0 Å². The van der Waals surface area contributed by atoms with Crippen LogP contribution in [-0.2, 0) is 6.42 Å². The standard InChI is InChI=1S/C19H26O3/c1-4-5-12-9-16(21)18-14-8-13(11-20)6-7-15(14)19(2,3)22-17(18)10-12/h6,9-10,14-15,20-21H,4-5,7-8,11H2,1-3H3. The lowest BCUT2D eigenvalue weighted by Crippen LogP contribution is -2.45. The van der Waals surface area contributed by atoms with Gasteiger partial charge in [-0.2, -0.15) is 0 Å². The highest BCUT2D eigenvalue weighted by Gasteiger charge is 2.45. The van der Waals surface area contributed by atoms with Crippen LogP contribution in [0.25, 0.3) is 0 Å². The molecule has 0 amide bonds. The highest BCUT2D eigenvalue weighted by atomic mass is 16.5. The molecule has 3 heteroatoms. The summed E-state index contributed by atoms with van der Waals surface area (Å²) in [7, 11) is 0. The molecule has 2 N–H and O–H groups in total. The summed E-state index contributed by atoms with van der Waals surface area (Å²) >= 11 is 0. The number of rotatable bonds is 3. The van der Waals surface area contributed by atoms with E-state index in [9.17, 15) is 10.2 Å². The first-order chi connectivity index (χ1) is 10.5. The Bertz CT molecular complexity index is 601. The van der Waals surface area contributed by atoms with E-state index in [1.165, 1.54) is 0 Å². The fraction of sp³-hybridized carbons (Fsp3) is 0.579. The maximum atomic E-state index is 10.6. The van der Waals surface area contributed by atoms with Gasteiger partial charge in [-0.15, -0.1) is 0 Å². The summed E-state index contributed by atoms with van der Waals surface area (Å²) in [6.45, 7) is 6.51. The number of ether oxygens (including phenoxy) is 1. The Morgan fingerprint density at radius 2 is 2.09 bits per heavy atom. The maximum Gasteiger partial charge on any atom is 0.127 e. The topological polar surface area (TPSA) is 49.7 Å². The molecule has 0 spiro atoms. The van der Waals surface area contributed by atoms with E-state index in [1.807, 2.05) is 6.07 Å². The minimum atomic E-state index is -0.258. The summed E-state index contributed by atoms with van der Waals surface area (Å²) in [4.78, 5) is 0. The molecule has 0 saturated heterocycles. The summed E-state index contributed by atoms with van der Waals surface area (Å²) in [5.41, 5.74) is 2.87. The molecule has 1 heterocycles. The quantitative estimate of drug-likeness (QED) is 0.832. The number of phenolic OH excluding ortho intramolecular Hbond substituents is 1. The fourth-order valence-corrected chi connectivity index (χ4v) is 4.08. The van der Waals surface area contributed by atoms with Crippen molar-refractivity contribution in [1.82, 2.24) is 0 Å². The third kappa shape index (κ3) is 2.52. The van der Waals surface area contributed by atoms with Gasteiger partial charge in [0.15, 0.2) is 0 Å². The molecular weight excluding hydrogens is 276 g/mol. The summed E-state index contributed by atoms with van der Waals surface area (Å²) in [5.74, 6) is 1.74. The minimum absolute atomic E-state index is 0.106. The fourth-order valence-electron chi connectivity index (χ4n) is 4.08. The number of phenols is 1. The van der Waals surface area contributed by atoms with E-state index in [-0.39, 0.29) is 18.1 Å². The largest absolute Gasteiger partial charge is 0.508 e. The van der Waals surface area contributed by atoms with Crippen LogP contribution in [0.15, 0.2) is 23.8 Å². The number of hydrogen-bond acceptors (Lipinski definition) is 3. The molecule has 0 radical (unpaired) electrons. The molecule has 1 aromatic rings. The first kappa shape index (κ1) is 15.4. The second-order valence-corrected chi connectivity index (χ2v) is 7.16. The monoisotopic (exact) mass is 302 g/mol. The molecule has 1 aromatic carbocycles. The lowest BCUT2D eigenvalue weighted by molar-refractivity contribution is 0.00674. The zero-order valence-corrected chi connectivity index (χ0v) is 13.7. The number of aromatic hydroxyl groups is 1. The zero-order chi connectivity index (χ0) is 15.9. The van der Waals surface area contributed by atoms with Crippen LogP contribution in [-0.4, -0.2) is 22.4 Å². The van der Waals surface area contributed by atoms with Crippen LogP contribution in [0.3, 0.4) is 0 Å². The summed E-state index contributed by atoms with van der Waals surface area (Å²) in [5, 5.41) is 20.1. The number of fused-ring (bicyclic) bond motifs is 3. The number of aryl methyl sites for hydroxylation is 1. The van der Waals surface area contributed by atoms with E-state index in [0.29, 0.717) is 11.7 Å². The number of aliphatic hydroxyl groups excluding tert-OH is 1. The molecule has 3 nitrogen and oxygen atoms in total. The molecule has 1 aliphatic carbocycles. The van der Waals surface area contributed by atoms with Crippen molar-refractivity contribution in [3.8, 4) is 11.5 Å². The Morgan fingerprint density at radius 1 is 1.32 bits per heavy atom. The molecule has 3 rings (SSSR count). The van der Waals surface area contributed by atoms with Gasteiger partial charge in [0.25, 0.3) is 0 Å². The summed E-state index contributed by atoms with van der Waals surface area (Å²) < 4.78 is 6.27. The average molecular weight is 302 g/mol. The van der Waals surface area contributed by atoms with Gasteiger partial charge < -0.3 is 14.9 Å². The van der Waals surface area contributed by atoms with Crippen LogP contribution >= 0.6 is 0 Å². The van der Waals surface area contributed by atoms with E-state index in [1.54, 1.807) is 0 Å². The van der Waals surface area contributed by atoms with E-state index < -0.39 is 0 Å². The predicted molar refractivity (Wildman–Crippen MR) is 87.4 cm³/mol. The first-order valence-corrected chi connectivity index (χ1v) is 8.29. The van der Waals surface area contributed by atoms with Crippen molar-refractivity contribution in [3.63, 3.8) is 0 Å². The van der Waals surface area contributed by atoms with E-state index >= 15 is 0 Å². The second kappa shape index (κ2) is 5.62. The van der Waals surface area contributed by atoms with Crippen molar-refractivity contribution in [2.45, 2.75) is 58.0 Å². The highest BCUT2D eigenvalue weighted by molar-refractivity contribution is 5.52. The Balaban J connectivity index is 2.07. The lowest BCUT2D eigenvalue weighted by atomic mass is 9.67. The van der Waals surface area contributed by atoms with Crippen LogP contribution in [0.4, 0.5) is 0 Å². The molecule has 0 fully saturated rings. The van der Waals surface area contributed by atoms with Crippen LogP contribution in [0.5, 0.6) is 11.5 Å². The second-order valence-electron chi connectivity index (χ2n) is 7.16. The normalized spacial score (nSPS) is 25.7. The molecule has 120 valence electrons. The third-order valence-electron chi connectivity index (χ3n) is 5.19. The van der Waals surface area contributed by atoms with Gasteiger partial charge in [-0.05, 0) is 56.4 Å². The Morgan fingerprint density at radius 3 is 2.77 bits per heavy atom. The smallest absolute Gasteiger partial charge is 0.127 e. The number of hydrogen-bond donors (Lipinski definition) is 2. The third-order valence-corrected chi connectivity index (χ3v) is 5.19. The molecule has 2 atom stereocenters. The van der Waals surface area contributed by atoms with Gasteiger partial charge in [-0.1, -0.05) is 19.4 Å². The minimum Gasteiger partial charge on any atom is -0.508 e. The van der Waals surface area contributed by atoms with Gasteiger partial charge in [0.2, 0.25) is 0 Å². The van der Waals surface area contributed by atoms with Crippen LogP contribution in [0.2, 0.25) is 0 Å².